The van der Waals surface area contributed by atoms with Crippen molar-refractivity contribution in [2.45, 2.75) is 30.8 Å². The van der Waals surface area contributed by atoms with Crippen LogP contribution in [0.4, 0.5) is 18.9 Å². The van der Waals surface area contributed by atoms with Crippen molar-refractivity contribution in [3.8, 4) is 0 Å². The van der Waals surface area contributed by atoms with Gasteiger partial charge in [0.1, 0.15) is 0 Å². The predicted molar refractivity (Wildman–Crippen MR) is 90.5 cm³/mol. The van der Waals surface area contributed by atoms with Gasteiger partial charge in [-0.05, 0) is 41.8 Å². The normalized spacial score (nSPS) is 12.5. The van der Waals surface area contributed by atoms with E-state index in [4.69, 9.17) is 0 Å². The van der Waals surface area contributed by atoms with Crippen LogP contribution in [-0.2, 0) is 16.2 Å². The van der Waals surface area contributed by atoms with Crippen LogP contribution >= 0.6 is 15.9 Å². The lowest BCUT2D eigenvalue weighted by Crippen LogP contribution is -2.14. The molecule has 0 spiro atoms. The number of hydrogen-bond acceptors (Lipinski definition) is 2. The number of benzene rings is 2. The molecule has 0 bridgehead atoms. The van der Waals surface area contributed by atoms with Crippen LogP contribution in [0.25, 0.3) is 0 Å². The van der Waals surface area contributed by atoms with Gasteiger partial charge in [0.15, 0.2) is 0 Å². The minimum Gasteiger partial charge on any atom is -0.280 e. The molecule has 0 aliphatic rings. The van der Waals surface area contributed by atoms with Crippen LogP contribution in [0.2, 0.25) is 0 Å². The molecule has 1 N–H and O–H groups in total. The number of halogens is 4. The highest BCUT2D eigenvalue weighted by molar-refractivity contribution is 9.10. The van der Waals surface area contributed by atoms with Gasteiger partial charge in [0.2, 0.25) is 0 Å². The van der Waals surface area contributed by atoms with Gasteiger partial charge in [0.05, 0.1) is 16.1 Å². The third kappa shape index (κ3) is 4.51. The van der Waals surface area contributed by atoms with Crippen molar-refractivity contribution in [3.05, 3.63) is 58.1 Å². The summed E-state index contributed by atoms with van der Waals surface area (Å²) in [5, 5.41) is 0. The molecule has 0 aliphatic heterocycles. The Labute approximate surface area is 147 Å². The topological polar surface area (TPSA) is 46.2 Å². The Hall–Kier alpha value is -1.54. The van der Waals surface area contributed by atoms with Gasteiger partial charge in [0.25, 0.3) is 10.0 Å². The lowest BCUT2D eigenvalue weighted by Gasteiger charge is -2.13. The molecule has 24 heavy (non-hydrogen) atoms. The monoisotopic (exact) mass is 421 g/mol. The zero-order chi connectivity index (χ0) is 18.1. The Morgan fingerprint density at radius 2 is 1.62 bits per heavy atom. The number of anilines is 1. The first-order valence-corrected chi connectivity index (χ1v) is 9.27. The van der Waals surface area contributed by atoms with Gasteiger partial charge in [-0.25, -0.2) is 8.42 Å². The summed E-state index contributed by atoms with van der Waals surface area (Å²) in [6.45, 7) is 3.95. The van der Waals surface area contributed by atoms with E-state index < -0.39 is 21.8 Å². The molecule has 0 amide bonds. The van der Waals surface area contributed by atoms with Crippen molar-refractivity contribution in [1.82, 2.24) is 0 Å². The SMILES string of the molecule is CC(C)c1ccc(S(=O)(=O)Nc2cc(Br)cc(C(F)(F)F)c2)cc1. The summed E-state index contributed by atoms with van der Waals surface area (Å²) in [5.41, 5.74) is -0.134. The molecule has 0 fully saturated rings. The number of sulfonamides is 1. The summed E-state index contributed by atoms with van der Waals surface area (Å²) in [7, 11) is -3.97. The van der Waals surface area contributed by atoms with Gasteiger partial charge < -0.3 is 0 Å². The molecule has 0 radical (unpaired) electrons. The van der Waals surface area contributed by atoms with E-state index in [0.717, 1.165) is 17.7 Å². The molecule has 2 aromatic carbocycles. The molecule has 130 valence electrons. The second kappa shape index (κ2) is 6.76. The van der Waals surface area contributed by atoms with E-state index >= 15 is 0 Å². The molecular weight excluding hydrogens is 407 g/mol. The minimum atomic E-state index is -4.57. The molecule has 0 saturated heterocycles. The predicted octanol–water partition coefficient (Wildman–Crippen LogP) is 5.39. The zero-order valence-corrected chi connectivity index (χ0v) is 15.3. The van der Waals surface area contributed by atoms with Crippen LogP contribution in [0.15, 0.2) is 51.8 Å². The fourth-order valence-electron chi connectivity index (χ4n) is 2.06. The van der Waals surface area contributed by atoms with Gasteiger partial charge in [0, 0.05) is 4.47 Å². The molecule has 3 nitrogen and oxygen atoms in total. The van der Waals surface area contributed by atoms with Crippen molar-refractivity contribution in [2.75, 3.05) is 4.72 Å². The highest BCUT2D eigenvalue weighted by atomic mass is 79.9. The van der Waals surface area contributed by atoms with E-state index in [0.29, 0.717) is 0 Å². The molecule has 2 aromatic rings. The molecule has 0 aromatic heterocycles. The molecule has 0 atom stereocenters. The van der Waals surface area contributed by atoms with Crippen molar-refractivity contribution in [1.29, 1.82) is 0 Å². The minimum absolute atomic E-state index is 0.0135. The van der Waals surface area contributed by atoms with E-state index in [1.165, 1.54) is 18.2 Å². The number of nitrogens with one attached hydrogen (secondary N) is 1. The average Bonchev–Trinajstić information content (AvgIpc) is 2.45. The zero-order valence-electron chi connectivity index (χ0n) is 12.9. The molecule has 0 unspecified atom stereocenters. The van der Waals surface area contributed by atoms with Crippen molar-refractivity contribution >= 4 is 31.6 Å². The molecule has 0 aliphatic carbocycles. The highest BCUT2D eigenvalue weighted by Gasteiger charge is 2.31. The molecular formula is C16H15BrF3NO2S. The van der Waals surface area contributed by atoms with E-state index in [2.05, 4.69) is 20.7 Å². The molecule has 2 rings (SSSR count). The van der Waals surface area contributed by atoms with Crippen LogP contribution in [0, 0.1) is 0 Å². The molecule has 0 heterocycles. The Kier molecular flexibility index (Phi) is 5.29. The Balaban J connectivity index is 2.34. The van der Waals surface area contributed by atoms with Gasteiger partial charge in [-0.1, -0.05) is 41.9 Å². The second-order valence-corrected chi connectivity index (χ2v) is 8.15. The average molecular weight is 422 g/mol. The fourth-order valence-corrected chi connectivity index (χ4v) is 3.59. The smallest absolute Gasteiger partial charge is 0.280 e. The lowest BCUT2D eigenvalue weighted by molar-refractivity contribution is -0.137. The van der Waals surface area contributed by atoms with Gasteiger partial charge in [-0.15, -0.1) is 0 Å². The third-order valence-electron chi connectivity index (χ3n) is 3.33. The largest absolute Gasteiger partial charge is 0.416 e. The van der Waals surface area contributed by atoms with Crippen molar-refractivity contribution in [2.24, 2.45) is 0 Å². The highest BCUT2D eigenvalue weighted by Crippen LogP contribution is 2.34. The molecule has 8 heteroatoms. The summed E-state index contributed by atoms with van der Waals surface area (Å²) in [4.78, 5) is -0.0135. The third-order valence-corrected chi connectivity index (χ3v) is 5.19. The van der Waals surface area contributed by atoms with Crippen molar-refractivity contribution < 1.29 is 21.6 Å². The quantitative estimate of drug-likeness (QED) is 0.718. The Morgan fingerprint density at radius 3 is 2.12 bits per heavy atom. The number of alkyl halides is 3. The first-order chi connectivity index (χ1) is 11.0. The van der Waals surface area contributed by atoms with Crippen molar-refractivity contribution in [3.63, 3.8) is 0 Å². The molecule has 0 saturated carbocycles. The Bertz CT molecular complexity index is 831. The fraction of sp³-hybridized carbons (Fsp3) is 0.250. The van der Waals surface area contributed by atoms with Crippen LogP contribution in [0.5, 0.6) is 0 Å². The Morgan fingerprint density at radius 1 is 1.04 bits per heavy atom. The summed E-state index contributed by atoms with van der Waals surface area (Å²) >= 11 is 2.96. The first kappa shape index (κ1) is 18.8. The summed E-state index contributed by atoms with van der Waals surface area (Å²) in [6.07, 6.45) is -4.57. The maximum Gasteiger partial charge on any atom is 0.416 e. The van der Waals surface area contributed by atoms with Crippen LogP contribution in [-0.4, -0.2) is 8.42 Å². The van der Waals surface area contributed by atoms with E-state index in [9.17, 15) is 21.6 Å². The van der Waals surface area contributed by atoms with Gasteiger partial charge >= 0.3 is 6.18 Å². The first-order valence-electron chi connectivity index (χ1n) is 6.99. The van der Waals surface area contributed by atoms with Crippen LogP contribution in [0.3, 0.4) is 0 Å². The standard InChI is InChI=1S/C16H15BrF3NO2S/c1-10(2)11-3-5-15(6-4-11)24(22,23)21-14-8-12(16(18,19)20)7-13(17)9-14/h3-10,21H,1-2H3. The maximum absolute atomic E-state index is 12.8. The maximum atomic E-state index is 12.8. The van der Waals surface area contributed by atoms with E-state index in [1.807, 2.05) is 13.8 Å². The van der Waals surface area contributed by atoms with Crippen LogP contribution < -0.4 is 4.72 Å². The van der Waals surface area contributed by atoms with Crippen LogP contribution in [0.1, 0.15) is 30.9 Å². The summed E-state index contributed by atoms with van der Waals surface area (Å²) < 4.78 is 65.5. The number of hydrogen-bond donors (Lipinski definition) is 1. The van der Waals surface area contributed by atoms with Gasteiger partial charge in [-0.3, -0.25) is 4.72 Å². The lowest BCUT2D eigenvalue weighted by atomic mass is 10.0. The summed E-state index contributed by atoms with van der Waals surface area (Å²) in [5.74, 6) is 0.245. The second-order valence-electron chi connectivity index (χ2n) is 5.56. The summed E-state index contributed by atoms with van der Waals surface area (Å²) in [6, 6.07) is 9.14. The van der Waals surface area contributed by atoms with E-state index in [1.54, 1.807) is 12.1 Å². The number of rotatable bonds is 4. The van der Waals surface area contributed by atoms with Gasteiger partial charge in [-0.2, -0.15) is 13.2 Å². The van der Waals surface area contributed by atoms with E-state index in [-0.39, 0.29) is 21.0 Å².